The molecule has 2 aromatic rings. The maximum atomic E-state index is 12.1. The molecule has 0 unspecified atom stereocenters. The van der Waals surface area contributed by atoms with E-state index in [0.29, 0.717) is 11.5 Å². The van der Waals surface area contributed by atoms with E-state index in [9.17, 15) is 4.79 Å². The Kier molecular flexibility index (Phi) is 6.27. The van der Waals surface area contributed by atoms with Gasteiger partial charge in [0, 0.05) is 24.3 Å². The van der Waals surface area contributed by atoms with Crippen LogP contribution in [0.1, 0.15) is 63.3 Å². The summed E-state index contributed by atoms with van der Waals surface area (Å²) in [5.41, 5.74) is 5.60. The number of hydrogen-bond donors (Lipinski definition) is 2. The first kappa shape index (κ1) is 21.3. The molecule has 1 saturated heterocycles. The summed E-state index contributed by atoms with van der Waals surface area (Å²) < 4.78 is 0. The molecule has 0 spiro atoms. The fourth-order valence-corrected chi connectivity index (χ4v) is 3.89. The number of rotatable bonds is 4. The highest BCUT2D eigenvalue weighted by Gasteiger charge is 2.23. The van der Waals surface area contributed by atoms with Crippen molar-refractivity contribution in [2.45, 2.75) is 58.9 Å². The summed E-state index contributed by atoms with van der Waals surface area (Å²) in [5.74, 6) is 0.193. The number of benzene rings is 2. The Labute approximate surface area is 179 Å². The van der Waals surface area contributed by atoms with Crippen LogP contribution in [0.5, 0.6) is 0 Å². The fraction of sp³-hybridized carbons (Fsp3) is 0.417. The molecule has 3 rings (SSSR count). The lowest BCUT2D eigenvalue weighted by molar-refractivity contribution is -0.117. The van der Waals surface area contributed by atoms with Crippen LogP contribution in [0.2, 0.25) is 0 Å². The molecule has 1 atom stereocenters. The van der Waals surface area contributed by atoms with Gasteiger partial charge in [-0.15, -0.1) is 0 Å². The summed E-state index contributed by atoms with van der Waals surface area (Å²) in [5, 5.41) is 7.19. The molecule has 0 bridgehead atoms. The molecule has 2 N–H and O–H groups in total. The SMILES string of the molecule is Cc1ccc(NC(=S)N[C@@H](C)c2ccc(C(C)(C)C)cc2)cc1N1CCCC1=O. The highest BCUT2D eigenvalue weighted by atomic mass is 32.1. The predicted octanol–water partition coefficient (Wildman–Crippen LogP) is 5.47. The maximum Gasteiger partial charge on any atom is 0.227 e. The standard InChI is InChI=1S/C24H31N3OS/c1-16-8-13-20(15-21(16)27-14-6-7-22(27)28)26-23(29)25-17(2)18-9-11-19(12-10-18)24(3,4)5/h8-13,15,17H,6-7,14H2,1-5H3,(H2,25,26,29)/t17-/m0/s1. The molecule has 29 heavy (non-hydrogen) atoms. The van der Waals surface area contributed by atoms with Crippen LogP contribution in [-0.4, -0.2) is 17.6 Å². The summed E-state index contributed by atoms with van der Waals surface area (Å²) >= 11 is 5.53. The van der Waals surface area contributed by atoms with Gasteiger partial charge in [-0.05, 0) is 66.7 Å². The van der Waals surface area contributed by atoms with Crippen molar-refractivity contribution >= 4 is 34.6 Å². The van der Waals surface area contributed by atoms with E-state index in [2.05, 4.69) is 62.6 Å². The second kappa shape index (κ2) is 8.54. The molecule has 4 nitrogen and oxygen atoms in total. The molecular formula is C24H31N3OS. The number of hydrogen-bond acceptors (Lipinski definition) is 2. The highest BCUT2D eigenvalue weighted by Crippen LogP contribution is 2.28. The average Bonchev–Trinajstić information content (AvgIpc) is 3.08. The van der Waals surface area contributed by atoms with E-state index in [1.54, 1.807) is 0 Å². The van der Waals surface area contributed by atoms with Crippen LogP contribution in [0.15, 0.2) is 42.5 Å². The third-order valence-corrected chi connectivity index (χ3v) is 5.68. The number of carbonyl (C=O) groups is 1. The lowest BCUT2D eigenvalue weighted by Crippen LogP contribution is -2.31. The van der Waals surface area contributed by atoms with E-state index < -0.39 is 0 Å². The Morgan fingerprint density at radius 2 is 1.83 bits per heavy atom. The summed E-state index contributed by atoms with van der Waals surface area (Å²) in [4.78, 5) is 14.0. The van der Waals surface area contributed by atoms with Gasteiger partial charge in [0.05, 0.1) is 6.04 Å². The van der Waals surface area contributed by atoms with Crippen LogP contribution in [0.3, 0.4) is 0 Å². The number of nitrogens with one attached hydrogen (secondary N) is 2. The first-order chi connectivity index (χ1) is 13.6. The second-order valence-corrected chi connectivity index (χ2v) is 9.25. The molecule has 1 amide bonds. The van der Waals surface area contributed by atoms with Gasteiger partial charge in [0.1, 0.15) is 0 Å². The van der Waals surface area contributed by atoms with Crippen molar-refractivity contribution in [1.29, 1.82) is 0 Å². The molecule has 0 aromatic heterocycles. The van der Waals surface area contributed by atoms with Gasteiger partial charge in [-0.25, -0.2) is 0 Å². The first-order valence-electron chi connectivity index (χ1n) is 10.2. The van der Waals surface area contributed by atoms with Crippen LogP contribution >= 0.6 is 12.2 Å². The zero-order valence-corrected chi connectivity index (χ0v) is 18.8. The number of thiocarbonyl (C=S) groups is 1. The van der Waals surface area contributed by atoms with Crippen LogP contribution in [0, 0.1) is 6.92 Å². The first-order valence-corrected chi connectivity index (χ1v) is 10.6. The summed E-state index contributed by atoms with van der Waals surface area (Å²) in [6.45, 7) is 11.6. The van der Waals surface area contributed by atoms with E-state index in [0.717, 1.165) is 29.9 Å². The lowest BCUT2D eigenvalue weighted by atomic mass is 9.86. The zero-order chi connectivity index (χ0) is 21.2. The van der Waals surface area contributed by atoms with Crippen molar-refractivity contribution < 1.29 is 4.79 Å². The van der Waals surface area contributed by atoms with Crippen molar-refractivity contribution in [3.05, 3.63) is 59.2 Å². The average molecular weight is 410 g/mol. The van der Waals surface area contributed by atoms with Crippen molar-refractivity contribution in [1.82, 2.24) is 5.32 Å². The van der Waals surface area contributed by atoms with Gasteiger partial charge in [0.2, 0.25) is 5.91 Å². The van der Waals surface area contributed by atoms with E-state index in [-0.39, 0.29) is 17.4 Å². The molecule has 154 valence electrons. The molecule has 0 aliphatic carbocycles. The topological polar surface area (TPSA) is 44.4 Å². The Bertz CT molecular complexity index is 899. The molecular weight excluding hydrogens is 378 g/mol. The number of anilines is 2. The monoisotopic (exact) mass is 409 g/mol. The fourth-order valence-electron chi connectivity index (χ4n) is 3.60. The zero-order valence-electron chi connectivity index (χ0n) is 18.0. The van der Waals surface area contributed by atoms with Crippen molar-refractivity contribution in [3.8, 4) is 0 Å². The molecule has 0 saturated carbocycles. The molecule has 1 fully saturated rings. The minimum Gasteiger partial charge on any atom is -0.356 e. The Hall–Kier alpha value is -2.40. The molecule has 5 heteroatoms. The van der Waals surface area contributed by atoms with Gasteiger partial charge in [-0.3, -0.25) is 4.79 Å². The Morgan fingerprint density at radius 3 is 2.41 bits per heavy atom. The van der Waals surface area contributed by atoms with Crippen molar-refractivity contribution in [2.75, 3.05) is 16.8 Å². The molecule has 1 heterocycles. The number of amides is 1. The van der Waals surface area contributed by atoms with Gasteiger partial charge in [0.15, 0.2) is 5.11 Å². The van der Waals surface area contributed by atoms with E-state index in [1.807, 2.05) is 30.0 Å². The number of nitrogens with zero attached hydrogens (tertiary/aromatic N) is 1. The van der Waals surface area contributed by atoms with Crippen molar-refractivity contribution in [3.63, 3.8) is 0 Å². The minimum absolute atomic E-state index is 0.0918. The van der Waals surface area contributed by atoms with Gasteiger partial charge in [-0.1, -0.05) is 51.1 Å². The molecule has 1 aliphatic rings. The van der Waals surface area contributed by atoms with Crippen LogP contribution in [-0.2, 0) is 10.2 Å². The van der Waals surface area contributed by atoms with Gasteiger partial charge in [-0.2, -0.15) is 0 Å². The van der Waals surface area contributed by atoms with Crippen molar-refractivity contribution in [2.24, 2.45) is 0 Å². The second-order valence-electron chi connectivity index (χ2n) is 8.84. The largest absolute Gasteiger partial charge is 0.356 e. The van der Waals surface area contributed by atoms with Crippen LogP contribution < -0.4 is 15.5 Å². The predicted molar refractivity (Wildman–Crippen MR) is 126 cm³/mol. The summed E-state index contributed by atoms with van der Waals surface area (Å²) in [6, 6.07) is 14.8. The van der Waals surface area contributed by atoms with Crippen LogP contribution in [0.4, 0.5) is 11.4 Å². The summed E-state index contributed by atoms with van der Waals surface area (Å²) in [7, 11) is 0. The molecule has 2 aromatic carbocycles. The Morgan fingerprint density at radius 1 is 1.14 bits per heavy atom. The van der Waals surface area contributed by atoms with Gasteiger partial charge < -0.3 is 15.5 Å². The molecule has 1 aliphatic heterocycles. The van der Waals surface area contributed by atoms with E-state index in [4.69, 9.17) is 12.2 Å². The number of carbonyl (C=O) groups excluding carboxylic acids is 1. The lowest BCUT2D eigenvalue weighted by Gasteiger charge is -2.22. The van der Waals surface area contributed by atoms with E-state index >= 15 is 0 Å². The number of aryl methyl sites for hydroxylation is 1. The van der Waals surface area contributed by atoms with E-state index in [1.165, 1.54) is 11.1 Å². The quantitative estimate of drug-likeness (QED) is 0.658. The summed E-state index contributed by atoms with van der Waals surface area (Å²) in [6.07, 6.45) is 1.55. The molecule has 0 radical (unpaired) electrons. The van der Waals surface area contributed by atoms with Crippen LogP contribution in [0.25, 0.3) is 0 Å². The van der Waals surface area contributed by atoms with Gasteiger partial charge >= 0.3 is 0 Å². The third-order valence-electron chi connectivity index (χ3n) is 5.46. The third kappa shape index (κ3) is 5.15. The highest BCUT2D eigenvalue weighted by molar-refractivity contribution is 7.80. The minimum atomic E-state index is 0.0918. The smallest absolute Gasteiger partial charge is 0.227 e. The Balaban J connectivity index is 1.65. The maximum absolute atomic E-state index is 12.1. The van der Waals surface area contributed by atoms with Gasteiger partial charge in [0.25, 0.3) is 0 Å². The normalized spacial score (nSPS) is 15.3.